The van der Waals surface area contributed by atoms with E-state index in [0.717, 1.165) is 17.5 Å². The van der Waals surface area contributed by atoms with Gasteiger partial charge in [-0.05, 0) is 29.7 Å². The van der Waals surface area contributed by atoms with Gasteiger partial charge in [-0.3, -0.25) is 0 Å². The number of hydrogen-bond acceptors (Lipinski definition) is 3. The number of aliphatic hydroxyl groups is 1. The minimum absolute atomic E-state index is 0.316. The van der Waals surface area contributed by atoms with Gasteiger partial charge in [-0.15, -0.1) is 0 Å². The second-order valence-electron chi connectivity index (χ2n) is 3.52. The first-order valence-electron chi connectivity index (χ1n) is 4.84. The van der Waals surface area contributed by atoms with E-state index in [9.17, 15) is 5.11 Å². The SMILES string of the molecule is COc1cc(Cl)c2c(c1)C(O)COCC2. The van der Waals surface area contributed by atoms with Crippen molar-refractivity contribution in [2.45, 2.75) is 12.5 Å². The molecule has 15 heavy (non-hydrogen) atoms. The van der Waals surface area contributed by atoms with Gasteiger partial charge < -0.3 is 14.6 Å². The Hall–Kier alpha value is -0.770. The number of benzene rings is 1. The first-order valence-corrected chi connectivity index (χ1v) is 5.22. The molecule has 0 spiro atoms. The molecule has 1 aliphatic rings. The molecular formula is C11H13ClO3. The first kappa shape index (κ1) is 10.7. The Kier molecular flexibility index (Phi) is 3.14. The number of ether oxygens (including phenoxy) is 2. The average molecular weight is 229 g/mol. The zero-order valence-electron chi connectivity index (χ0n) is 8.50. The Morgan fingerprint density at radius 2 is 2.33 bits per heavy atom. The summed E-state index contributed by atoms with van der Waals surface area (Å²) < 4.78 is 10.4. The summed E-state index contributed by atoms with van der Waals surface area (Å²) in [6, 6.07) is 3.58. The molecule has 0 bridgehead atoms. The number of fused-ring (bicyclic) bond motifs is 1. The van der Waals surface area contributed by atoms with Crippen molar-refractivity contribution in [1.82, 2.24) is 0 Å². The van der Waals surface area contributed by atoms with Crippen LogP contribution in [0.1, 0.15) is 17.2 Å². The van der Waals surface area contributed by atoms with Crippen LogP contribution in [-0.2, 0) is 11.2 Å². The molecule has 1 unspecified atom stereocenters. The predicted molar refractivity (Wildman–Crippen MR) is 57.5 cm³/mol. The molecule has 0 radical (unpaired) electrons. The minimum Gasteiger partial charge on any atom is -0.497 e. The quantitative estimate of drug-likeness (QED) is 0.799. The van der Waals surface area contributed by atoms with E-state index in [0.29, 0.717) is 24.0 Å². The van der Waals surface area contributed by atoms with Crippen molar-refractivity contribution in [3.8, 4) is 5.75 Å². The van der Waals surface area contributed by atoms with Crippen molar-refractivity contribution in [3.05, 3.63) is 28.3 Å². The van der Waals surface area contributed by atoms with Crippen LogP contribution in [0, 0.1) is 0 Å². The van der Waals surface area contributed by atoms with Crippen molar-refractivity contribution in [3.63, 3.8) is 0 Å². The zero-order valence-corrected chi connectivity index (χ0v) is 9.25. The smallest absolute Gasteiger partial charge is 0.120 e. The van der Waals surface area contributed by atoms with Gasteiger partial charge in [0.2, 0.25) is 0 Å². The van der Waals surface area contributed by atoms with Crippen LogP contribution in [0.4, 0.5) is 0 Å². The molecular weight excluding hydrogens is 216 g/mol. The van der Waals surface area contributed by atoms with Gasteiger partial charge >= 0.3 is 0 Å². The molecule has 82 valence electrons. The van der Waals surface area contributed by atoms with Gasteiger partial charge in [0, 0.05) is 5.02 Å². The standard InChI is InChI=1S/C11H13ClO3/c1-14-7-4-9-8(10(12)5-7)2-3-15-6-11(9)13/h4-5,11,13H,2-3,6H2,1H3. The van der Waals surface area contributed by atoms with Crippen molar-refractivity contribution in [1.29, 1.82) is 0 Å². The Morgan fingerprint density at radius 1 is 1.53 bits per heavy atom. The van der Waals surface area contributed by atoms with Crippen LogP contribution < -0.4 is 4.74 Å². The molecule has 1 aromatic carbocycles. The molecule has 0 fully saturated rings. The summed E-state index contributed by atoms with van der Waals surface area (Å²) in [5.41, 5.74) is 1.78. The second kappa shape index (κ2) is 4.39. The van der Waals surface area contributed by atoms with Crippen molar-refractivity contribution < 1.29 is 14.6 Å². The second-order valence-corrected chi connectivity index (χ2v) is 3.92. The third-order valence-electron chi connectivity index (χ3n) is 2.57. The van der Waals surface area contributed by atoms with E-state index >= 15 is 0 Å². The highest BCUT2D eigenvalue weighted by molar-refractivity contribution is 6.31. The maximum absolute atomic E-state index is 9.85. The number of halogens is 1. The molecule has 1 atom stereocenters. The molecule has 0 saturated carbocycles. The average Bonchev–Trinajstić information content (AvgIpc) is 2.41. The molecule has 0 saturated heterocycles. The number of rotatable bonds is 1. The molecule has 0 aromatic heterocycles. The molecule has 1 aliphatic heterocycles. The van der Waals surface area contributed by atoms with E-state index in [-0.39, 0.29) is 0 Å². The van der Waals surface area contributed by atoms with Gasteiger partial charge in [0.05, 0.1) is 20.3 Å². The maximum atomic E-state index is 9.85. The van der Waals surface area contributed by atoms with Gasteiger partial charge in [0.1, 0.15) is 11.9 Å². The molecule has 4 heteroatoms. The molecule has 1 heterocycles. The minimum atomic E-state index is -0.616. The normalized spacial score (nSPS) is 20.6. The van der Waals surface area contributed by atoms with Crippen LogP contribution in [-0.4, -0.2) is 25.4 Å². The van der Waals surface area contributed by atoms with Gasteiger partial charge in [-0.1, -0.05) is 11.6 Å². The highest BCUT2D eigenvalue weighted by Crippen LogP contribution is 2.32. The number of hydrogen-bond donors (Lipinski definition) is 1. The van der Waals surface area contributed by atoms with Crippen molar-refractivity contribution in [2.24, 2.45) is 0 Å². The van der Waals surface area contributed by atoms with Gasteiger partial charge in [0.25, 0.3) is 0 Å². The summed E-state index contributed by atoms with van der Waals surface area (Å²) in [5, 5.41) is 10.5. The van der Waals surface area contributed by atoms with E-state index in [1.165, 1.54) is 0 Å². The fourth-order valence-electron chi connectivity index (χ4n) is 1.77. The molecule has 2 rings (SSSR count). The molecule has 1 aromatic rings. The van der Waals surface area contributed by atoms with Crippen molar-refractivity contribution in [2.75, 3.05) is 20.3 Å². The van der Waals surface area contributed by atoms with Gasteiger partial charge in [-0.2, -0.15) is 0 Å². The summed E-state index contributed by atoms with van der Waals surface area (Å²) in [5.74, 6) is 0.666. The van der Waals surface area contributed by atoms with Crippen molar-refractivity contribution >= 4 is 11.6 Å². The fourth-order valence-corrected chi connectivity index (χ4v) is 2.08. The number of aliphatic hydroxyl groups excluding tert-OH is 1. The van der Waals surface area contributed by atoms with E-state index < -0.39 is 6.10 Å². The monoisotopic (exact) mass is 228 g/mol. The highest BCUT2D eigenvalue weighted by atomic mass is 35.5. The Labute approximate surface area is 93.6 Å². The predicted octanol–water partition coefficient (Wildman–Crippen LogP) is 1.95. The Morgan fingerprint density at radius 3 is 3.07 bits per heavy atom. The van der Waals surface area contributed by atoms with Gasteiger partial charge in [-0.25, -0.2) is 0 Å². The van der Waals surface area contributed by atoms with Crippen LogP contribution in [0.3, 0.4) is 0 Å². The zero-order chi connectivity index (χ0) is 10.8. The van der Waals surface area contributed by atoms with Crippen LogP contribution >= 0.6 is 11.6 Å². The topological polar surface area (TPSA) is 38.7 Å². The van der Waals surface area contributed by atoms with Crippen LogP contribution in [0.15, 0.2) is 12.1 Å². The molecule has 1 N–H and O–H groups in total. The summed E-state index contributed by atoms with van der Waals surface area (Å²) in [7, 11) is 1.58. The maximum Gasteiger partial charge on any atom is 0.120 e. The lowest BCUT2D eigenvalue weighted by Gasteiger charge is -2.13. The van der Waals surface area contributed by atoms with E-state index in [1.807, 2.05) is 6.07 Å². The number of methoxy groups -OCH3 is 1. The third-order valence-corrected chi connectivity index (χ3v) is 2.91. The Balaban J connectivity index is 2.50. The van der Waals surface area contributed by atoms with E-state index in [2.05, 4.69) is 0 Å². The fraction of sp³-hybridized carbons (Fsp3) is 0.455. The summed E-state index contributed by atoms with van der Waals surface area (Å²) >= 11 is 6.12. The molecule has 3 nitrogen and oxygen atoms in total. The van der Waals surface area contributed by atoms with E-state index in [4.69, 9.17) is 21.1 Å². The largest absolute Gasteiger partial charge is 0.497 e. The molecule has 0 amide bonds. The van der Waals surface area contributed by atoms with E-state index in [1.54, 1.807) is 13.2 Å². The Bertz CT molecular complexity index is 365. The summed E-state index contributed by atoms with van der Waals surface area (Å²) in [4.78, 5) is 0. The van der Waals surface area contributed by atoms with Crippen LogP contribution in [0.5, 0.6) is 5.75 Å². The lowest BCUT2D eigenvalue weighted by Crippen LogP contribution is -2.05. The van der Waals surface area contributed by atoms with Gasteiger partial charge in [0.15, 0.2) is 0 Å². The van der Waals surface area contributed by atoms with Crippen LogP contribution in [0.25, 0.3) is 0 Å². The van der Waals surface area contributed by atoms with Crippen LogP contribution in [0.2, 0.25) is 5.02 Å². The third kappa shape index (κ3) is 2.09. The summed E-state index contributed by atoms with van der Waals surface area (Å²) in [6.07, 6.45) is 0.116. The lowest BCUT2D eigenvalue weighted by atomic mass is 10.0. The first-order chi connectivity index (χ1) is 7.22. The molecule has 0 aliphatic carbocycles. The lowest BCUT2D eigenvalue weighted by molar-refractivity contribution is 0.0451. The summed E-state index contributed by atoms with van der Waals surface area (Å²) in [6.45, 7) is 0.909. The highest BCUT2D eigenvalue weighted by Gasteiger charge is 2.20.